The molecule has 1 aromatic carbocycles. The van der Waals surface area contributed by atoms with Gasteiger partial charge in [0.1, 0.15) is 22.8 Å². The second kappa shape index (κ2) is 7.73. The van der Waals surface area contributed by atoms with Crippen LogP contribution in [-0.2, 0) is 9.53 Å². The maximum absolute atomic E-state index is 12.3. The number of nitrogens with one attached hydrogen (secondary N) is 1. The molecule has 2 rings (SSSR count). The number of hydrogen-bond acceptors (Lipinski definition) is 5. The minimum absolute atomic E-state index is 0.226. The summed E-state index contributed by atoms with van der Waals surface area (Å²) in [6.45, 7) is 6.41. The fourth-order valence-electron chi connectivity index (χ4n) is 2.35. The van der Waals surface area contributed by atoms with Gasteiger partial charge in [0.05, 0.1) is 0 Å². The molecule has 1 N–H and O–H groups in total. The summed E-state index contributed by atoms with van der Waals surface area (Å²) >= 11 is 0. The third kappa shape index (κ3) is 5.25. The molecule has 146 valence electrons. The van der Waals surface area contributed by atoms with E-state index in [-0.39, 0.29) is 11.3 Å². The molecule has 0 fully saturated rings. The third-order valence-corrected chi connectivity index (χ3v) is 3.77. The third-order valence-electron chi connectivity index (χ3n) is 3.77. The summed E-state index contributed by atoms with van der Waals surface area (Å²) < 4.78 is 50.6. The predicted molar refractivity (Wildman–Crippen MR) is 89.6 cm³/mol. The van der Waals surface area contributed by atoms with Crippen LogP contribution in [0, 0.1) is 20.8 Å². The van der Waals surface area contributed by atoms with Gasteiger partial charge >= 0.3 is 12.3 Å². The minimum Gasteiger partial charge on any atom is -0.465 e. The molecule has 0 saturated carbocycles. The molecule has 0 unspecified atom stereocenters. The molecule has 0 aliphatic rings. The monoisotopic (exact) mass is 385 g/mol. The number of anilines is 1. The first-order chi connectivity index (χ1) is 12.5. The summed E-state index contributed by atoms with van der Waals surface area (Å²) in [5.41, 5.74) is 1.12. The van der Waals surface area contributed by atoms with Gasteiger partial charge in [-0.05, 0) is 52.0 Å². The summed E-state index contributed by atoms with van der Waals surface area (Å²) in [5.74, 6) is -0.774. The molecular weight excluding hydrogens is 367 g/mol. The lowest BCUT2D eigenvalue weighted by molar-refractivity contribution is -0.274. The summed E-state index contributed by atoms with van der Waals surface area (Å²) in [4.78, 5) is 24.4. The van der Waals surface area contributed by atoms with Gasteiger partial charge in [-0.1, -0.05) is 0 Å². The number of carbonyl (C=O) groups excluding carboxylic acids is 2. The Kier molecular flexibility index (Phi) is 5.82. The Morgan fingerprint density at radius 1 is 1.07 bits per heavy atom. The Morgan fingerprint density at radius 3 is 2.15 bits per heavy atom. The Bertz CT molecular complexity index is 840. The van der Waals surface area contributed by atoms with Crippen molar-refractivity contribution in [2.45, 2.75) is 40.2 Å². The van der Waals surface area contributed by atoms with Crippen molar-refractivity contribution in [1.82, 2.24) is 0 Å². The topological polar surface area (TPSA) is 77.8 Å². The number of carbonyl (C=O) groups is 2. The van der Waals surface area contributed by atoms with Crippen LogP contribution in [0.2, 0.25) is 0 Å². The van der Waals surface area contributed by atoms with Crippen molar-refractivity contribution in [3.63, 3.8) is 0 Å². The smallest absolute Gasteiger partial charge is 0.465 e. The molecule has 0 radical (unpaired) electrons. The van der Waals surface area contributed by atoms with Crippen molar-refractivity contribution in [1.29, 1.82) is 0 Å². The van der Waals surface area contributed by atoms with Crippen molar-refractivity contribution in [2.75, 3.05) is 5.32 Å². The van der Waals surface area contributed by atoms with Gasteiger partial charge in [0.2, 0.25) is 0 Å². The fraction of sp³-hybridized carbons (Fsp3) is 0.333. The first kappa shape index (κ1) is 20.3. The van der Waals surface area contributed by atoms with Crippen molar-refractivity contribution in [3.8, 4) is 5.75 Å². The Morgan fingerprint density at radius 2 is 1.67 bits per heavy atom. The van der Waals surface area contributed by atoms with Crippen LogP contribution in [0.25, 0.3) is 0 Å². The van der Waals surface area contributed by atoms with Gasteiger partial charge in [-0.2, -0.15) is 0 Å². The van der Waals surface area contributed by atoms with Crippen LogP contribution >= 0.6 is 0 Å². The number of esters is 1. The highest BCUT2D eigenvalue weighted by Crippen LogP contribution is 2.24. The van der Waals surface area contributed by atoms with E-state index in [0.717, 1.165) is 12.1 Å². The van der Waals surface area contributed by atoms with E-state index in [4.69, 9.17) is 9.15 Å². The van der Waals surface area contributed by atoms with Crippen molar-refractivity contribution in [3.05, 3.63) is 46.9 Å². The molecule has 2 aromatic rings. The average molecular weight is 385 g/mol. The Labute approximate surface area is 153 Å². The fourth-order valence-corrected chi connectivity index (χ4v) is 2.35. The molecule has 1 atom stereocenters. The second-order valence-electron chi connectivity index (χ2n) is 5.82. The van der Waals surface area contributed by atoms with Crippen LogP contribution in [0.3, 0.4) is 0 Å². The first-order valence-electron chi connectivity index (χ1n) is 7.92. The minimum atomic E-state index is -4.80. The van der Waals surface area contributed by atoms with Crippen molar-refractivity contribution in [2.24, 2.45) is 0 Å². The summed E-state index contributed by atoms with van der Waals surface area (Å²) in [6, 6.07) is 4.59. The van der Waals surface area contributed by atoms with Gasteiger partial charge in [0, 0.05) is 11.3 Å². The highest BCUT2D eigenvalue weighted by atomic mass is 19.4. The predicted octanol–water partition coefficient (Wildman–Crippen LogP) is 4.29. The zero-order valence-electron chi connectivity index (χ0n) is 15.1. The first-order valence-corrected chi connectivity index (χ1v) is 7.92. The normalized spacial score (nSPS) is 12.4. The van der Waals surface area contributed by atoms with E-state index in [0.29, 0.717) is 17.1 Å². The molecule has 1 aromatic heterocycles. The maximum Gasteiger partial charge on any atom is 0.573 e. The molecule has 0 aliphatic carbocycles. The average Bonchev–Trinajstić information content (AvgIpc) is 2.80. The van der Waals surface area contributed by atoms with Crippen LogP contribution in [0.1, 0.15) is 34.4 Å². The highest BCUT2D eigenvalue weighted by Gasteiger charge is 2.31. The van der Waals surface area contributed by atoms with E-state index in [9.17, 15) is 22.8 Å². The molecule has 0 saturated heterocycles. The molecule has 9 heteroatoms. The molecule has 0 aliphatic heterocycles. The van der Waals surface area contributed by atoms with Gasteiger partial charge in [-0.3, -0.25) is 4.79 Å². The number of alkyl halides is 3. The molecule has 0 bridgehead atoms. The quantitative estimate of drug-likeness (QED) is 0.777. The van der Waals surface area contributed by atoms with Gasteiger partial charge in [-0.15, -0.1) is 13.2 Å². The lowest BCUT2D eigenvalue weighted by Crippen LogP contribution is -2.30. The van der Waals surface area contributed by atoms with E-state index in [1.54, 1.807) is 20.8 Å². The van der Waals surface area contributed by atoms with Gasteiger partial charge < -0.3 is 19.2 Å². The lowest BCUT2D eigenvalue weighted by atomic mass is 10.1. The molecule has 1 amide bonds. The van der Waals surface area contributed by atoms with Crippen LogP contribution < -0.4 is 10.1 Å². The zero-order chi connectivity index (χ0) is 20.4. The summed E-state index contributed by atoms with van der Waals surface area (Å²) in [7, 11) is 0. The van der Waals surface area contributed by atoms with E-state index in [2.05, 4.69) is 10.1 Å². The van der Waals surface area contributed by atoms with E-state index in [1.165, 1.54) is 19.1 Å². The van der Waals surface area contributed by atoms with Crippen LogP contribution in [-0.4, -0.2) is 24.3 Å². The Hall–Kier alpha value is -2.97. The number of aryl methyl sites for hydroxylation is 2. The molecule has 6 nitrogen and oxygen atoms in total. The second-order valence-corrected chi connectivity index (χ2v) is 5.82. The SMILES string of the molecule is Cc1oc(C)c(C(=O)O[C@H](C)C(=O)Nc2ccc(OC(F)(F)F)cc2)c1C. The zero-order valence-corrected chi connectivity index (χ0v) is 15.1. The number of furan rings is 1. The number of ether oxygens (including phenoxy) is 2. The highest BCUT2D eigenvalue weighted by molar-refractivity contribution is 5.98. The van der Waals surface area contributed by atoms with E-state index < -0.39 is 30.1 Å². The lowest BCUT2D eigenvalue weighted by Gasteiger charge is -2.14. The number of hydrogen-bond donors (Lipinski definition) is 1. The molecule has 27 heavy (non-hydrogen) atoms. The number of benzene rings is 1. The molecule has 1 heterocycles. The standard InChI is InChI=1S/C18H18F3NO5/c1-9-10(2)25-11(3)15(9)17(24)26-12(4)16(23)22-13-5-7-14(8-6-13)27-18(19,20)21/h5-8,12H,1-4H3,(H,22,23)/t12-/m1/s1. The molecular formula is C18H18F3NO5. The molecule has 0 spiro atoms. The van der Waals surface area contributed by atoms with E-state index in [1.807, 2.05) is 0 Å². The summed E-state index contributed by atoms with van der Waals surface area (Å²) in [5, 5.41) is 2.45. The number of halogens is 3. The van der Waals surface area contributed by atoms with Crippen molar-refractivity contribution >= 4 is 17.6 Å². The van der Waals surface area contributed by atoms with Crippen molar-refractivity contribution < 1.29 is 36.7 Å². The van der Waals surface area contributed by atoms with Gasteiger partial charge in [0.25, 0.3) is 5.91 Å². The largest absolute Gasteiger partial charge is 0.573 e. The van der Waals surface area contributed by atoms with E-state index >= 15 is 0 Å². The number of amides is 1. The Balaban J connectivity index is 1.98. The van der Waals surface area contributed by atoms with Crippen LogP contribution in [0.4, 0.5) is 18.9 Å². The van der Waals surface area contributed by atoms with Crippen LogP contribution in [0.5, 0.6) is 5.75 Å². The maximum atomic E-state index is 12.3. The van der Waals surface area contributed by atoms with Gasteiger partial charge in [0.15, 0.2) is 6.10 Å². The van der Waals surface area contributed by atoms with Gasteiger partial charge in [-0.25, -0.2) is 4.79 Å². The summed E-state index contributed by atoms with van der Waals surface area (Å²) in [6.07, 6.45) is -5.92. The number of rotatable bonds is 5. The van der Waals surface area contributed by atoms with Crippen LogP contribution in [0.15, 0.2) is 28.7 Å².